The summed E-state index contributed by atoms with van der Waals surface area (Å²) in [5.41, 5.74) is 3.74. The molecule has 9 heteroatoms. The highest BCUT2D eigenvalue weighted by molar-refractivity contribution is 6.03. The molecular formula is C26H30N4O5. The third kappa shape index (κ3) is 4.75. The number of aliphatic hydroxyl groups is 2. The molecule has 35 heavy (non-hydrogen) atoms. The highest BCUT2D eigenvalue weighted by Crippen LogP contribution is 2.30. The second-order valence-corrected chi connectivity index (χ2v) is 9.07. The van der Waals surface area contributed by atoms with E-state index in [-0.39, 0.29) is 17.2 Å². The van der Waals surface area contributed by atoms with Crippen LogP contribution in [0.3, 0.4) is 0 Å². The van der Waals surface area contributed by atoms with Gasteiger partial charge in [0.2, 0.25) is 5.58 Å². The van der Waals surface area contributed by atoms with Crippen molar-refractivity contribution >= 4 is 27.8 Å². The Kier molecular flexibility index (Phi) is 6.46. The van der Waals surface area contributed by atoms with Gasteiger partial charge in [-0.3, -0.25) is 9.69 Å². The van der Waals surface area contributed by atoms with Gasteiger partial charge < -0.3 is 29.7 Å². The van der Waals surface area contributed by atoms with Crippen molar-refractivity contribution in [2.24, 2.45) is 0 Å². The largest absolute Gasteiger partial charge is 0.496 e. The number of likely N-dealkylation sites (tertiary alicyclic amines) is 1. The zero-order chi connectivity index (χ0) is 24.5. The average Bonchev–Trinajstić information content (AvgIpc) is 3.42. The van der Waals surface area contributed by atoms with Crippen LogP contribution in [0.2, 0.25) is 0 Å². The number of aromatic amines is 1. The lowest BCUT2D eigenvalue weighted by molar-refractivity contribution is 0.174. The molecular weight excluding hydrogens is 448 g/mol. The van der Waals surface area contributed by atoms with Crippen molar-refractivity contribution in [1.29, 1.82) is 0 Å². The van der Waals surface area contributed by atoms with Crippen molar-refractivity contribution < 1.29 is 19.4 Å². The van der Waals surface area contributed by atoms with Gasteiger partial charge in [0.1, 0.15) is 22.7 Å². The number of H-pyrrole nitrogens is 1. The fourth-order valence-corrected chi connectivity index (χ4v) is 4.85. The van der Waals surface area contributed by atoms with E-state index in [0.717, 1.165) is 35.2 Å². The van der Waals surface area contributed by atoms with E-state index in [2.05, 4.69) is 20.2 Å². The molecule has 2 aromatic carbocycles. The van der Waals surface area contributed by atoms with Crippen LogP contribution in [0.1, 0.15) is 36.4 Å². The first-order valence-corrected chi connectivity index (χ1v) is 11.9. The number of benzene rings is 2. The number of hydrogen-bond donors (Lipinski definition) is 4. The van der Waals surface area contributed by atoms with E-state index in [0.29, 0.717) is 48.7 Å². The van der Waals surface area contributed by atoms with Crippen LogP contribution in [0, 0.1) is 0 Å². The summed E-state index contributed by atoms with van der Waals surface area (Å²) >= 11 is 0. The highest BCUT2D eigenvalue weighted by atomic mass is 16.5. The maximum atomic E-state index is 12.7. The Morgan fingerprint density at radius 1 is 1.34 bits per heavy atom. The second-order valence-electron chi connectivity index (χ2n) is 9.07. The van der Waals surface area contributed by atoms with Gasteiger partial charge in [-0.25, -0.2) is 4.98 Å². The van der Waals surface area contributed by atoms with Crippen LogP contribution in [0.5, 0.6) is 5.75 Å². The minimum absolute atomic E-state index is 0.209. The monoisotopic (exact) mass is 478 g/mol. The van der Waals surface area contributed by atoms with E-state index in [1.54, 1.807) is 14.0 Å². The Morgan fingerprint density at radius 3 is 2.94 bits per heavy atom. The Morgan fingerprint density at radius 2 is 2.20 bits per heavy atom. The summed E-state index contributed by atoms with van der Waals surface area (Å²) in [5, 5.41) is 24.2. The van der Waals surface area contributed by atoms with Crippen molar-refractivity contribution in [1.82, 2.24) is 14.9 Å². The van der Waals surface area contributed by atoms with E-state index >= 15 is 0 Å². The van der Waals surface area contributed by atoms with Crippen molar-refractivity contribution in [2.45, 2.75) is 38.5 Å². The molecule has 4 N–H and O–H groups in total. The van der Waals surface area contributed by atoms with Gasteiger partial charge in [0.05, 0.1) is 25.9 Å². The Hall–Kier alpha value is -3.40. The van der Waals surface area contributed by atoms with Crippen LogP contribution in [-0.4, -0.2) is 57.9 Å². The number of methoxy groups -OCH3 is 1. The first-order chi connectivity index (χ1) is 16.9. The molecule has 0 radical (unpaired) electrons. The molecule has 1 aliphatic heterocycles. The SMILES string of the molecule is COc1cccc(CCNc2ccc3oc4c(=O)[nH]c(CN5CC[C@H](O)C5)nc4c3c2)c1C(C)O. The predicted molar refractivity (Wildman–Crippen MR) is 134 cm³/mol. The van der Waals surface area contributed by atoms with Gasteiger partial charge >= 0.3 is 0 Å². The highest BCUT2D eigenvalue weighted by Gasteiger charge is 2.22. The van der Waals surface area contributed by atoms with E-state index in [1.165, 1.54) is 0 Å². The van der Waals surface area contributed by atoms with Gasteiger partial charge in [0.15, 0.2) is 0 Å². The van der Waals surface area contributed by atoms with Crippen molar-refractivity contribution in [3.8, 4) is 5.75 Å². The number of aliphatic hydroxyl groups excluding tert-OH is 2. The fourth-order valence-electron chi connectivity index (χ4n) is 4.85. The molecule has 1 unspecified atom stereocenters. The number of anilines is 1. The van der Waals surface area contributed by atoms with Crippen LogP contribution in [0.4, 0.5) is 5.69 Å². The molecule has 5 rings (SSSR count). The fraction of sp³-hybridized carbons (Fsp3) is 0.385. The lowest BCUT2D eigenvalue weighted by Crippen LogP contribution is -2.24. The summed E-state index contributed by atoms with van der Waals surface area (Å²) in [6, 6.07) is 11.5. The van der Waals surface area contributed by atoms with Gasteiger partial charge in [0.25, 0.3) is 5.56 Å². The van der Waals surface area contributed by atoms with Crippen LogP contribution >= 0.6 is 0 Å². The molecule has 0 amide bonds. The average molecular weight is 479 g/mol. The number of nitrogens with zero attached hydrogens (tertiary/aromatic N) is 2. The minimum Gasteiger partial charge on any atom is -0.496 e. The molecule has 2 aromatic heterocycles. The van der Waals surface area contributed by atoms with Gasteiger partial charge in [-0.2, -0.15) is 0 Å². The van der Waals surface area contributed by atoms with Crippen molar-refractivity contribution in [3.63, 3.8) is 0 Å². The second kappa shape index (κ2) is 9.69. The van der Waals surface area contributed by atoms with Gasteiger partial charge in [-0.15, -0.1) is 0 Å². The topological polar surface area (TPSA) is 124 Å². The van der Waals surface area contributed by atoms with Crippen LogP contribution in [0.15, 0.2) is 45.6 Å². The number of aromatic nitrogens is 2. The third-order valence-electron chi connectivity index (χ3n) is 6.51. The number of fused-ring (bicyclic) bond motifs is 3. The maximum Gasteiger partial charge on any atom is 0.294 e. The number of ether oxygens (including phenoxy) is 1. The molecule has 0 aliphatic carbocycles. The van der Waals surface area contributed by atoms with E-state index < -0.39 is 6.10 Å². The Bertz CT molecular complexity index is 1410. The quantitative estimate of drug-likeness (QED) is 0.305. The van der Waals surface area contributed by atoms with E-state index in [1.807, 2.05) is 36.4 Å². The summed E-state index contributed by atoms with van der Waals surface area (Å²) in [6.07, 6.45) is 0.468. The zero-order valence-electron chi connectivity index (χ0n) is 19.9. The summed E-state index contributed by atoms with van der Waals surface area (Å²) < 4.78 is 11.2. The molecule has 3 heterocycles. The predicted octanol–water partition coefficient (Wildman–Crippen LogP) is 2.95. The molecule has 0 saturated carbocycles. The number of furan rings is 1. The Balaban J connectivity index is 1.37. The Labute approximate surface area is 202 Å². The molecule has 2 atom stereocenters. The smallest absolute Gasteiger partial charge is 0.294 e. The molecule has 1 fully saturated rings. The van der Waals surface area contributed by atoms with Gasteiger partial charge in [-0.1, -0.05) is 12.1 Å². The van der Waals surface area contributed by atoms with Crippen LogP contribution in [-0.2, 0) is 13.0 Å². The number of nitrogens with one attached hydrogen (secondary N) is 2. The summed E-state index contributed by atoms with van der Waals surface area (Å²) in [7, 11) is 1.60. The van der Waals surface area contributed by atoms with Crippen molar-refractivity contribution in [2.75, 3.05) is 32.1 Å². The number of β-amino-alcohol motifs (C(OH)–C–C–N with tert-alkyl or cyclic N) is 1. The molecule has 0 spiro atoms. The molecule has 0 bridgehead atoms. The first-order valence-electron chi connectivity index (χ1n) is 11.9. The maximum absolute atomic E-state index is 12.7. The molecule has 1 saturated heterocycles. The van der Waals surface area contributed by atoms with E-state index in [9.17, 15) is 15.0 Å². The normalized spacial score (nSPS) is 17.3. The number of hydrogen-bond acceptors (Lipinski definition) is 8. The third-order valence-corrected chi connectivity index (χ3v) is 6.51. The molecule has 184 valence electrons. The van der Waals surface area contributed by atoms with Crippen LogP contribution < -0.4 is 15.6 Å². The molecule has 1 aliphatic rings. The molecule has 4 aromatic rings. The standard InChI is InChI=1S/C26H30N4O5/c1-15(31)23-16(4-3-5-21(23)34-2)8-10-27-17-6-7-20-19(12-17)24-25(35-20)26(33)29-22(28-24)14-30-11-9-18(32)13-30/h3-7,12,15,18,27,31-32H,8-11,13-14H2,1-2H3,(H,28,29,33)/t15?,18-/m0/s1. The van der Waals surface area contributed by atoms with E-state index in [4.69, 9.17) is 9.15 Å². The van der Waals surface area contributed by atoms with Crippen molar-refractivity contribution in [3.05, 3.63) is 63.7 Å². The van der Waals surface area contributed by atoms with Gasteiger partial charge in [-0.05, 0) is 49.6 Å². The van der Waals surface area contributed by atoms with Gasteiger partial charge in [0, 0.05) is 36.3 Å². The lowest BCUT2D eigenvalue weighted by atomic mass is 9.99. The first kappa shape index (κ1) is 23.3. The number of rotatable bonds is 8. The lowest BCUT2D eigenvalue weighted by Gasteiger charge is -2.16. The summed E-state index contributed by atoms with van der Waals surface area (Å²) in [5.74, 6) is 1.24. The summed E-state index contributed by atoms with van der Waals surface area (Å²) in [6.45, 7) is 4.20. The van der Waals surface area contributed by atoms with Crippen LogP contribution in [0.25, 0.3) is 22.1 Å². The molecule has 9 nitrogen and oxygen atoms in total. The minimum atomic E-state index is -0.628. The zero-order valence-corrected chi connectivity index (χ0v) is 19.9. The summed E-state index contributed by atoms with van der Waals surface area (Å²) in [4.78, 5) is 22.2.